The van der Waals surface area contributed by atoms with E-state index in [1.54, 1.807) is 7.05 Å². The van der Waals surface area contributed by atoms with Gasteiger partial charge in [0.15, 0.2) is 0 Å². The van der Waals surface area contributed by atoms with Crippen LogP contribution in [0.4, 0.5) is 5.69 Å². The Morgan fingerprint density at radius 2 is 1.95 bits per heavy atom. The van der Waals surface area contributed by atoms with E-state index in [0.717, 1.165) is 18.5 Å². The van der Waals surface area contributed by atoms with Gasteiger partial charge in [-0.2, -0.15) is 0 Å². The number of hydrogen-bond donors (Lipinski definition) is 2. The molecule has 0 spiro atoms. The molecule has 0 heterocycles. The second-order valence-electron chi connectivity index (χ2n) is 5.20. The Labute approximate surface area is 132 Å². The van der Waals surface area contributed by atoms with Crippen LogP contribution in [0, 0.1) is 0 Å². The van der Waals surface area contributed by atoms with Gasteiger partial charge in [0.05, 0.1) is 6.04 Å². The van der Waals surface area contributed by atoms with Crippen molar-refractivity contribution < 1.29 is 4.79 Å². The van der Waals surface area contributed by atoms with E-state index in [1.165, 1.54) is 15.6 Å². The molecule has 0 saturated carbocycles. The molecule has 0 fully saturated rings. The molecule has 1 amide bonds. The molecule has 0 bridgehead atoms. The maximum atomic E-state index is 11.5. The van der Waals surface area contributed by atoms with Gasteiger partial charge in [-0.3, -0.25) is 4.79 Å². The molecule has 3 rings (SSSR count). The minimum absolute atomic E-state index is 0.0586. The highest BCUT2D eigenvalue weighted by atomic mass is 79.9. The van der Waals surface area contributed by atoms with Gasteiger partial charge >= 0.3 is 0 Å². The number of halogens is 1. The number of rotatable bonds is 3. The highest BCUT2D eigenvalue weighted by molar-refractivity contribution is 9.10. The summed E-state index contributed by atoms with van der Waals surface area (Å²) in [4.78, 5) is 11.5. The SMILES string of the molecule is CNC(=O)c1ccc(NC2CCc3c(Br)cccc32)cc1. The Hall–Kier alpha value is -1.81. The predicted molar refractivity (Wildman–Crippen MR) is 88.7 cm³/mol. The molecule has 3 nitrogen and oxygen atoms in total. The molecule has 1 aliphatic carbocycles. The first-order valence-corrected chi connectivity index (χ1v) is 7.84. The summed E-state index contributed by atoms with van der Waals surface area (Å²) >= 11 is 3.62. The minimum atomic E-state index is -0.0586. The van der Waals surface area contributed by atoms with Crippen LogP contribution in [0.3, 0.4) is 0 Å². The van der Waals surface area contributed by atoms with E-state index >= 15 is 0 Å². The molecule has 4 heteroatoms. The van der Waals surface area contributed by atoms with Crippen molar-refractivity contribution in [3.63, 3.8) is 0 Å². The van der Waals surface area contributed by atoms with Gasteiger partial charge in [-0.1, -0.05) is 28.1 Å². The number of amides is 1. The summed E-state index contributed by atoms with van der Waals surface area (Å²) in [5.41, 5.74) is 4.48. The third-order valence-electron chi connectivity index (χ3n) is 3.93. The van der Waals surface area contributed by atoms with Crippen molar-refractivity contribution >= 4 is 27.5 Å². The van der Waals surface area contributed by atoms with Gasteiger partial charge in [-0.05, 0) is 54.3 Å². The van der Waals surface area contributed by atoms with Crippen LogP contribution < -0.4 is 10.6 Å². The number of anilines is 1. The number of benzene rings is 2. The van der Waals surface area contributed by atoms with Gasteiger partial charge in [0.25, 0.3) is 5.91 Å². The molecule has 2 aromatic carbocycles. The van der Waals surface area contributed by atoms with Crippen LogP contribution >= 0.6 is 15.9 Å². The van der Waals surface area contributed by atoms with Crippen molar-refractivity contribution in [2.24, 2.45) is 0 Å². The number of carbonyl (C=O) groups excluding carboxylic acids is 1. The zero-order valence-electron chi connectivity index (χ0n) is 11.8. The van der Waals surface area contributed by atoms with E-state index in [9.17, 15) is 4.79 Å². The maximum Gasteiger partial charge on any atom is 0.251 e. The fourth-order valence-electron chi connectivity index (χ4n) is 2.82. The second kappa shape index (κ2) is 5.90. The lowest BCUT2D eigenvalue weighted by atomic mass is 10.1. The number of nitrogens with one attached hydrogen (secondary N) is 2. The van der Waals surface area contributed by atoms with Crippen LogP contribution in [0.1, 0.15) is 33.9 Å². The van der Waals surface area contributed by atoms with E-state index in [0.29, 0.717) is 11.6 Å². The molecule has 2 aromatic rings. The highest BCUT2D eigenvalue weighted by Crippen LogP contribution is 2.37. The van der Waals surface area contributed by atoms with E-state index in [1.807, 2.05) is 24.3 Å². The summed E-state index contributed by atoms with van der Waals surface area (Å²) in [7, 11) is 1.64. The number of hydrogen-bond acceptors (Lipinski definition) is 2. The molecule has 0 radical (unpaired) electrons. The van der Waals surface area contributed by atoms with Gasteiger partial charge < -0.3 is 10.6 Å². The fourth-order valence-corrected chi connectivity index (χ4v) is 3.40. The topological polar surface area (TPSA) is 41.1 Å². The van der Waals surface area contributed by atoms with Crippen molar-refractivity contribution in [3.05, 3.63) is 63.6 Å². The predicted octanol–water partition coefficient (Wildman–Crippen LogP) is 3.91. The lowest BCUT2D eigenvalue weighted by molar-refractivity contribution is 0.0963. The third-order valence-corrected chi connectivity index (χ3v) is 4.67. The van der Waals surface area contributed by atoms with E-state index in [2.05, 4.69) is 44.8 Å². The first-order valence-electron chi connectivity index (χ1n) is 7.05. The number of fused-ring (bicyclic) bond motifs is 1. The van der Waals surface area contributed by atoms with Crippen LogP contribution in [0.25, 0.3) is 0 Å². The van der Waals surface area contributed by atoms with Crippen molar-refractivity contribution in [3.8, 4) is 0 Å². The highest BCUT2D eigenvalue weighted by Gasteiger charge is 2.23. The molecule has 1 atom stereocenters. The Kier molecular flexibility index (Phi) is 3.97. The van der Waals surface area contributed by atoms with Crippen LogP contribution in [-0.2, 0) is 6.42 Å². The molecular weight excluding hydrogens is 328 g/mol. The zero-order chi connectivity index (χ0) is 14.8. The molecule has 0 aromatic heterocycles. The van der Waals surface area contributed by atoms with E-state index in [4.69, 9.17) is 0 Å². The molecule has 108 valence electrons. The molecule has 2 N–H and O–H groups in total. The second-order valence-corrected chi connectivity index (χ2v) is 6.05. The van der Waals surface area contributed by atoms with Crippen molar-refractivity contribution in [2.75, 3.05) is 12.4 Å². The first kappa shape index (κ1) is 14.1. The zero-order valence-corrected chi connectivity index (χ0v) is 13.4. The van der Waals surface area contributed by atoms with Crippen molar-refractivity contribution in [2.45, 2.75) is 18.9 Å². The average molecular weight is 345 g/mol. The Morgan fingerprint density at radius 3 is 2.67 bits per heavy atom. The van der Waals surface area contributed by atoms with Crippen LogP contribution in [0.15, 0.2) is 46.9 Å². The minimum Gasteiger partial charge on any atom is -0.378 e. The summed E-state index contributed by atoms with van der Waals surface area (Å²) in [6.45, 7) is 0. The Bertz CT molecular complexity index is 667. The maximum absolute atomic E-state index is 11.5. The van der Waals surface area contributed by atoms with Gasteiger partial charge in [0, 0.05) is 22.8 Å². The Morgan fingerprint density at radius 1 is 1.19 bits per heavy atom. The number of carbonyl (C=O) groups is 1. The van der Waals surface area contributed by atoms with E-state index < -0.39 is 0 Å². The van der Waals surface area contributed by atoms with Crippen LogP contribution in [-0.4, -0.2) is 13.0 Å². The monoisotopic (exact) mass is 344 g/mol. The molecular formula is C17H17BrN2O. The summed E-state index contributed by atoms with van der Waals surface area (Å²) in [6, 6.07) is 14.3. The lowest BCUT2D eigenvalue weighted by Gasteiger charge is -2.16. The third kappa shape index (κ3) is 2.81. The van der Waals surface area contributed by atoms with Gasteiger partial charge in [-0.25, -0.2) is 0 Å². The lowest BCUT2D eigenvalue weighted by Crippen LogP contribution is -2.17. The molecule has 1 unspecified atom stereocenters. The summed E-state index contributed by atoms with van der Waals surface area (Å²) in [5.74, 6) is -0.0586. The van der Waals surface area contributed by atoms with Crippen LogP contribution in [0.5, 0.6) is 0 Å². The van der Waals surface area contributed by atoms with E-state index in [-0.39, 0.29) is 5.91 Å². The van der Waals surface area contributed by atoms with Crippen molar-refractivity contribution in [1.29, 1.82) is 0 Å². The summed E-state index contributed by atoms with van der Waals surface area (Å²) in [5, 5.41) is 6.18. The molecule has 0 aliphatic heterocycles. The first-order chi connectivity index (χ1) is 10.2. The van der Waals surface area contributed by atoms with Crippen LogP contribution in [0.2, 0.25) is 0 Å². The fraction of sp³-hybridized carbons (Fsp3) is 0.235. The van der Waals surface area contributed by atoms with Gasteiger partial charge in [-0.15, -0.1) is 0 Å². The van der Waals surface area contributed by atoms with Crippen molar-refractivity contribution in [1.82, 2.24) is 5.32 Å². The molecule has 21 heavy (non-hydrogen) atoms. The normalized spacial score (nSPS) is 16.4. The largest absolute Gasteiger partial charge is 0.378 e. The average Bonchev–Trinajstić information content (AvgIpc) is 2.92. The smallest absolute Gasteiger partial charge is 0.251 e. The molecule has 1 aliphatic rings. The van der Waals surface area contributed by atoms with Gasteiger partial charge in [0.2, 0.25) is 0 Å². The standard InChI is InChI=1S/C17H17BrN2O/c1-19-17(21)11-5-7-12(8-6-11)20-16-10-9-13-14(16)3-2-4-15(13)18/h2-8,16,20H,9-10H2,1H3,(H,19,21). The molecule has 0 saturated heterocycles. The summed E-state index contributed by atoms with van der Waals surface area (Å²) < 4.78 is 1.19. The quantitative estimate of drug-likeness (QED) is 0.886. The summed E-state index contributed by atoms with van der Waals surface area (Å²) in [6.07, 6.45) is 2.18. The van der Waals surface area contributed by atoms with Gasteiger partial charge in [0.1, 0.15) is 0 Å². The Balaban J connectivity index is 1.77.